The average molecular weight is 355 g/mol. The van der Waals surface area contributed by atoms with Crippen molar-refractivity contribution in [3.05, 3.63) is 36.1 Å². The first-order chi connectivity index (χ1) is 12.6. The Bertz CT molecular complexity index is 815. The van der Waals surface area contributed by atoms with Crippen LogP contribution in [-0.2, 0) is 4.79 Å². The van der Waals surface area contributed by atoms with Crippen molar-refractivity contribution in [2.24, 2.45) is 0 Å². The number of para-hydroxylation sites is 1. The molecule has 1 aromatic carbocycles. The number of furan rings is 1. The third-order valence-corrected chi connectivity index (χ3v) is 5.56. The second kappa shape index (κ2) is 7.11. The number of benzene rings is 1. The molecule has 2 aliphatic rings. The van der Waals surface area contributed by atoms with E-state index in [1.807, 2.05) is 23.1 Å². The minimum atomic E-state index is -0.114. The molecule has 2 aromatic rings. The largest absolute Gasteiger partial charge is 0.464 e. The summed E-state index contributed by atoms with van der Waals surface area (Å²) in [7, 11) is 0. The van der Waals surface area contributed by atoms with E-state index in [1.54, 1.807) is 12.3 Å². The Balaban J connectivity index is 1.33. The van der Waals surface area contributed by atoms with Crippen molar-refractivity contribution in [3.63, 3.8) is 0 Å². The van der Waals surface area contributed by atoms with Crippen molar-refractivity contribution in [3.8, 4) is 0 Å². The highest BCUT2D eigenvalue weighted by Crippen LogP contribution is 2.21. The fourth-order valence-corrected chi connectivity index (χ4v) is 4.11. The minimum absolute atomic E-state index is 0.0662. The molecule has 1 aromatic heterocycles. The zero-order chi connectivity index (χ0) is 18.1. The number of nitrogens with zero attached hydrogens (tertiary/aromatic N) is 2. The lowest BCUT2D eigenvalue weighted by atomic mass is 10.1. The maximum Gasteiger partial charge on any atom is 0.255 e. The lowest BCUT2D eigenvalue weighted by molar-refractivity contribution is -0.132. The zero-order valence-electron chi connectivity index (χ0n) is 15.1. The number of nitrogens with one attached hydrogen (secondary N) is 1. The number of amides is 2. The van der Waals surface area contributed by atoms with Gasteiger partial charge in [-0.15, -0.1) is 0 Å². The molecule has 0 spiro atoms. The summed E-state index contributed by atoms with van der Waals surface area (Å²) in [5.74, 6) is 0.0965. The highest BCUT2D eigenvalue weighted by molar-refractivity contribution is 6.04. The molecular formula is C20H25N3O3. The van der Waals surface area contributed by atoms with Gasteiger partial charge in [0.15, 0.2) is 0 Å². The Hall–Kier alpha value is -2.34. The first kappa shape index (κ1) is 17.1. The predicted molar refractivity (Wildman–Crippen MR) is 98.9 cm³/mol. The van der Waals surface area contributed by atoms with Crippen LogP contribution in [0.5, 0.6) is 0 Å². The number of hydrogen-bond donors (Lipinski definition) is 1. The fraction of sp³-hybridized carbons (Fsp3) is 0.500. The van der Waals surface area contributed by atoms with Crippen LogP contribution >= 0.6 is 0 Å². The molecule has 0 saturated carbocycles. The Morgan fingerprint density at radius 3 is 2.92 bits per heavy atom. The molecule has 2 amide bonds. The molecule has 2 aliphatic heterocycles. The average Bonchev–Trinajstić information content (AvgIpc) is 3.35. The second-order valence-electron chi connectivity index (χ2n) is 7.42. The third-order valence-electron chi connectivity index (χ3n) is 5.56. The quantitative estimate of drug-likeness (QED) is 0.914. The van der Waals surface area contributed by atoms with Crippen LogP contribution in [0.2, 0.25) is 0 Å². The van der Waals surface area contributed by atoms with Gasteiger partial charge in [0.2, 0.25) is 5.91 Å². The maximum atomic E-state index is 12.6. The van der Waals surface area contributed by atoms with Crippen molar-refractivity contribution >= 4 is 22.8 Å². The lowest BCUT2D eigenvalue weighted by Crippen LogP contribution is -2.42. The van der Waals surface area contributed by atoms with E-state index in [1.165, 1.54) is 0 Å². The van der Waals surface area contributed by atoms with Gasteiger partial charge in [0.1, 0.15) is 5.58 Å². The van der Waals surface area contributed by atoms with E-state index in [2.05, 4.69) is 17.1 Å². The number of carbonyl (C=O) groups excluding carboxylic acids is 2. The van der Waals surface area contributed by atoms with E-state index < -0.39 is 0 Å². The molecule has 6 nitrogen and oxygen atoms in total. The van der Waals surface area contributed by atoms with Gasteiger partial charge >= 0.3 is 0 Å². The molecule has 4 rings (SSSR count). The van der Waals surface area contributed by atoms with E-state index in [0.29, 0.717) is 30.3 Å². The maximum absolute atomic E-state index is 12.6. The number of carbonyl (C=O) groups is 2. The van der Waals surface area contributed by atoms with Gasteiger partial charge in [-0.05, 0) is 38.3 Å². The van der Waals surface area contributed by atoms with Crippen LogP contribution in [0, 0.1) is 0 Å². The van der Waals surface area contributed by atoms with Crippen LogP contribution in [0.3, 0.4) is 0 Å². The Morgan fingerprint density at radius 2 is 2.12 bits per heavy atom. The highest BCUT2D eigenvalue weighted by Gasteiger charge is 2.30. The standard InChI is InChI=1S/C20H25N3O3/c1-14-4-3-9-23(14)18(24)13-22-10-7-16(12-22)21-20(25)17-6-2-5-15-8-11-26-19(15)17/h2,5-6,8,11,14,16H,3-4,7,9-10,12-13H2,1H3,(H,21,25)/t14-,16+/m1/s1. The molecule has 138 valence electrons. The van der Waals surface area contributed by atoms with Gasteiger partial charge < -0.3 is 14.6 Å². The SMILES string of the molecule is C[C@@H]1CCCN1C(=O)CN1CC[C@H](NC(=O)c2cccc3ccoc23)C1. The van der Waals surface area contributed by atoms with Gasteiger partial charge in [0.25, 0.3) is 5.91 Å². The van der Waals surface area contributed by atoms with Gasteiger partial charge in [0, 0.05) is 37.1 Å². The van der Waals surface area contributed by atoms with E-state index in [0.717, 1.165) is 37.7 Å². The van der Waals surface area contributed by atoms with Gasteiger partial charge in [-0.1, -0.05) is 12.1 Å². The van der Waals surface area contributed by atoms with Crippen molar-refractivity contribution < 1.29 is 14.0 Å². The molecule has 0 aliphatic carbocycles. The summed E-state index contributed by atoms with van der Waals surface area (Å²) < 4.78 is 5.45. The Labute approximate surface area is 153 Å². The summed E-state index contributed by atoms with van der Waals surface area (Å²) >= 11 is 0. The fourth-order valence-electron chi connectivity index (χ4n) is 4.11. The number of fused-ring (bicyclic) bond motifs is 1. The van der Waals surface area contributed by atoms with Crippen LogP contribution in [-0.4, -0.2) is 59.9 Å². The number of rotatable bonds is 4. The molecule has 1 N–H and O–H groups in total. The van der Waals surface area contributed by atoms with Crippen LogP contribution in [0.25, 0.3) is 11.0 Å². The van der Waals surface area contributed by atoms with Crippen LogP contribution in [0.15, 0.2) is 34.9 Å². The summed E-state index contributed by atoms with van der Waals surface area (Å²) in [4.78, 5) is 29.2. The second-order valence-corrected chi connectivity index (χ2v) is 7.42. The molecule has 0 radical (unpaired) electrons. The monoisotopic (exact) mass is 355 g/mol. The molecule has 0 bridgehead atoms. The summed E-state index contributed by atoms with van der Waals surface area (Å²) in [5.41, 5.74) is 1.19. The van der Waals surface area contributed by atoms with E-state index in [9.17, 15) is 9.59 Å². The lowest BCUT2D eigenvalue weighted by Gasteiger charge is -2.24. The Kier molecular flexibility index (Phi) is 4.68. The van der Waals surface area contributed by atoms with E-state index in [4.69, 9.17) is 4.42 Å². The van der Waals surface area contributed by atoms with E-state index >= 15 is 0 Å². The summed E-state index contributed by atoms with van der Waals surface area (Å²) in [6.07, 6.45) is 4.67. The molecule has 6 heteroatoms. The summed E-state index contributed by atoms with van der Waals surface area (Å²) in [6, 6.07) is 7.85. The Morgan fingerprint density at radius 1 is 1.23 bits per heavy atom. The van der Waals surface area contributed by atoms with Gasteiger partial charge in [0.05, 0.1) is 18.4 Å². The van der Waals surface area contributed by atoms with Crippen molar-refractivity contribution in [1.29, 1.82) is 0 Å². The molecule has 26 heavy (non-hydrogen) atoms. The number of likely N-dealkylation sites (tertiary alicyclic amines) is 2. The van der Waals surface area contributed by atoms with E-state index in [-0.39, 0.29) is 17.9 Å². The van der Waals surface area contributed by atoms with Crippen molar-refractivity contribution in [2.45, 2.75) is 38.3 Å². The van der Waals surface area contributed by atoms with Gasteiger partial charge in [-0.2, -0.15) is 0 Å². The molecular weight excluding hydrogens is 330 g/mol. The van der Waals surface area contributed by atoms with Crippen LogP contribution < -0.4 is 5.32 Å². The van der Waals surface area contributed by atoms with Gasteiger partial charge in [-0.25, -0.2) is 0 Å². The molecule has 0 unspecified atom stereocenters. The third kappa shape index (κ3) is 3.33. The van der Waals surface area contributed by atoms with Gasteiger partial charge in [-0.3, -0.25) is 14.5 Å². The van der Waals surface area contributed by atoms with Crippen LogP contribution in [0.4, 0.5) is 0 Å². The zero-order valence-corrected chi connectivity index (χ0v) is 15.1. The highest BCUT2D eigenvalue weighted by atomic mass is 16.3. The smallest absolute Gasteiger partial charge is 0.255 e. The summed E-state index contributed by atoms with van der Waals surface area (Å²) in [5, 5.41) is 4.02. The predicted octanol–water partition coefficient (Wildman–Crippen LogP) is 2.25. The molecule has 2 fully saturated rings. The van der Waals surface area contributed by atoms with Crippen LogP contribution in [0.1, 0.15) is 36.5 Å². The minimum Gasteiger partial charge on any atom is -0.464 e. The summed E-state index contributed by atoms with van der Waals surface area (Å²) in [6.45, 7) is 5.00. The first-order valence-corrected chi connectivity index (χ1v) is 9.41. The first-order valence-electron chi connectivity index (χ1n) is 9.41. The normalized spacial score (nSPS) is 23.7. The number of hydrogen-bond acceptors (Lipinski definition) is 4. The molecule has 2 atom stereocenters. The molecule has 2 saturated heterocycles. The van der Waals surface area contributed by atoms with Crippen molar-refractivity contribution in [1.82, 2.24) is 15.1 Å². The van der Waals surface area contributed by atoms with Crippen molar-refractivity contribution in [2.75, 3.05) is 26.2 Å². The molecule has 3 heterocycles. The topological polar surface area (TPSA) is 65.8 Å².